The third-order valence-corrected chi connectivity index (χ3v) is 3.11. The van der Waals surface area contributed by atoms with Gasteiger partial charge in [-0.1, -0.05) is 6.92 Å². The van der Waals surface area contributed by atoms with Gasteiger partial charge in [0.25, 0.3) is 0 Å². The highest BCUT2D eigenvalue weighted by Crippen LogP contribution is 2.16. The Balaban J connectivity index is 1.76. The van der Waals surface area contributed by atoms with E-state index in [1.165, 1.54) is 0 Å². The van der Waals surface area contributed by atoms with Crippen molar-refractivity contribution >= 4 is 0 Å². The lowest BCUT2D eigenvalue weighted by Crippen LogP contribution is -2.43. The van der Waals surface area contributed by atoms with Gasteiger partial charge in [-0.3, -0.25) is 9.58 Å². The molecule has 84 valence electrons. The number of piperidine rings is 1. The topological polar surface area (TPSA) is 54.2 Å². The molecule has 0 bridgehead atoms. The highest BCUT2D eigenvalue weighted by atomic mass is 16.3. The van der Waals surface area contributed by atoms with Crippen molar-refractivity contribution in [2.75, 3.05) is 19.6 Å². The zero-order chi connectivity index (χ0) is 10.7. The van der Waals surface area contributed by atoms with Crippen molar-refractivity contribution < 1.29 is 5.11 Å². The molecule has 0 spiro atoms. The van der Waals surface area contributed by atoms with E-state index in [1.807, 2.05) is 4.68 Å². The summed E-state index contributed by atoms with van der Waals surface area (Å²) in [6, 6.07) is 0. The van der Waals surface area contributed by atoms with Gasteiger partial charge in [0.1, 0.15) is 12.7 Å². The van der Waals surface area contributed by atoms with Gasteiger partial charge >= 0.3 is 0 Å². The van der Waals surface area contributed by atoms with Crippen LogP contribution in [0.25, 0.3) is 0 Å². The van der Waals surface area contributed by atoms with Gasteiger partial charge in [-0.05, 0) is 18.9 Å². The second kappa shape index (κ2) is 4.72. The monoisotopic (exact) mass is 210 g/mol. The highest BCUT2D eigenvalue weighted by molar-refractivity contribution is 4.77. The fourth-order valence-corrected chi connectivity index (χ4v) is 1.91. The Bertz CT molecular complexity index is 288. The van der Waals surface area contributed by atoms with Crippen molar-refractivity contribution in [2.24, 2.45) is 5.92 Å². The number of β-amino-alcohol motifs (C(OH)–C–C–N with tert-alkyl or cyclic N) is 1. The average molecular weight is 210 g/mol. The van der Waals surface area contributed by atoms with E-state index < -0.39 is 0 Å². The molecule has 1 aromatic heterocycles. The van der Waals surface area contributed by atoms with Crippen LogP contribution in [-0.4, -0.2) is 50.5 Å². The second-order valence-electron chi connectivity index (χ2n) is 4.29. The van der Waals surface area contributed by atoms with E-state index in [9.17, 15) is 5.11 Å². The molecule has 1 aliphatic rings. The van der Waals surface area contributed by atoms with Gasteiger partial charge in [-0.25, -0.2) is 4.98 Å². The molecular weight excluding hydrogens is 192 g/mol. The minimum atomic E-state index is -0.172. The van der Waals surface area contributed by atoms with Gasteiger partial charge in [0.2, 0.25) is 0 Å². The lowest BCUT2D eigenvalue weighted by atomic mass is 9.96. The first-order valence-corrected chi connectivity index (χ1v) is 5.48. The van der Waals surface area contributed by atoms with Crippen molar-refractivity contribution in [3.8, 4) is 0 Å². The van der Waals surface area contributed by atoms with Crippen LogP contribution in [0.15, 0.2) is 12.7 Å². The predicted molar refractivity (Wildman–Crippen MR) is 56.2 cm³/mol. The minimum absolute atomic E-state index is 0.172. The van der Waals surface area contributed by atoms with E-state index in [2.05, 4.69) is 21.9 Å². The zero-order valence-corrected chi connectivity index (χ0v) is 9.08. The fraction of sp³-hybridized carbons (Fsp3) is 0.800. The van der Waals surface area contributed by atoms with Crippen LogP contribution in [0.1, 0.15) is 13.3 Å². The van der Waals surface area contributed by atoms with Crippen LogP contribution in [-0.2, 0) is 6.54 Å². The molecule has 2 heterocycles. The Morgan fingerprint density at radius 1 is 1.47 bits per heavy atom. The summed E-state index contributed by atoms with van der Waals surface area (Å²) in [6.07, 6.45) is 4.18. The summed E-state index contributed by atoms with van der Waals surface area (Å²) < 4.78 is 1.82. The second-order valence-corrected chi connectivity index (χ2v) is 4.29. The molecule has 1 N–H and O–H groups in total. The van der Waals surface area contributed by atoms with E-state index in [1.54, 1.807) is 12.7 Å². The largest absolute Gasteiger partial charge is 0.392 e. The molecule has 2 unspecified atom stereocenters. The standard InChI is InChI=1S/C10H18N4O/c1-9-2-3-13(6-10(9)15)4-5-14-8-11-7-12-14/h7-10,15H,2-6H2,1H3. The number of nitrogens with zero attached hydrogens (tertiary/aromatic N) is 4. The summed E-state index contributed by atoms with van der Waals surface area (Å²) in [7, 11) is 0. The first-order chi connectivity index (χ1) is 7.25. The summed E-state index contributed by atoms with van der Waals surface area (Å²) in [5, 5.41) is 13.8. The van der Waals surface area contributed by atoms with Gasteiger partial charge in [-0.15, -0.1) is 0 Å². The van der Waals surface area contributed by atoms with Gasteiger partial charge in [-0.2, -0.15) is 5.10 Å². The van der Waals surface area contributed by atoms with E-state index >= 15 is 0 Å². The molecule has 0 aromatic carbocycles. The smallest absolute Gasteiger partial charge is 0.137 e. The Labute approximate surface area is 89.7 Å². The molecule has 2 rings (SSSR count). The molecule has 0 saturated carbocycles. The molecule has 0 aliphatic carbocycles. The molecule has 1 aromatic rings. The van der Waals surface area contributed by atoms with Crippen LogP contribution < -0.4 is 0 Å². The highest BCUT2D eigenvalue weighted by Gasteiger charge is 2.23. The number of aliphatic hydroxyl groups excluding tert-OH is 1. The number of likely N-dealkylation sites (tertiary alicyclic amines) is 1. The summed E-state index contributed by atoms with van der Waals surface area (Å²) in [5.41, 5.74) is 0. The van der Waals surface area contributed by atoms with Crippen molar-refractivity contribution in [1.82, 2.24) is 19.7 Å². The van der Waals surface area contributed by atoms with Crippen molar-refractivity contribution in [3.05, 3.63) is 12.7 Å². The number of aliphatic hydroxyl groups is 1. The molecule has 15 heavy (non-hydrogen) atoms. The molecule has 2 atom stereocenters. The maximum Gasteiger partial charge on any atom is 0.137 e. The maximum atomic E-state index is 9.73. The summed E-state index contributed by atoms with van der Waals surface area (Å²) in [6.45, 7) is 5.76. The Hall–Kier alpha value is -0.940. The van der Waals surface area contributed by atoms with Crippen molar-refractivity contribution in [1.29, 1.82) is 0 Å². The van der Waals surface area contributed by atoms with E-state index in [-0.39, 0.29) is 6.10 Å². The Morgan fingerprint density at radius 3 is 3.00 bits per heavy atom. The molecular formula is C10H18N4O. The van der Waals surface area contributed by atoms with Gasteiger partial charge in [0.15, 0.2) is 0 Å². The Morgan fingerprint density at radius 2 is 2.33 bits per heavy atom. The van der Waals surface area contributed by atoms with Crippen LogP contribution in [0.5, 0.6) is 0 Å². The number of rotatable bonds is 3. The third kappa shape index (κ3) is 2.76. The lowest BCUT2D eigenvalue weighted by molar-refractivity contribution is 0.0276. The molecule has 1 aliphatic heterocycles. The van der Waals surface area contributed by atoms with Crippen molar-refractivity contribution in [2.45, 2.75) is 26.0 Å². The average Bonchev–Trinajstić information content (AvgIpc) is 2.73. The van der Waals surface area contributed by atoms with E-state index in [0.29, 0.717) is 5.92 Å². The van der Waals surface area contributed by atoms with Crippen molar-refractivity contribution in [3.63, 3.8) is 0 Å². The normalized spacial score (nSPS) is 28.1. The number of hydrogen-bond donors (Lipinski definition) is 1. The molecule has 0 radical (unpaired) electrons. The quantitative estimate of drug-likeness (QED) is 0.762. The predicted octanol–water partition coefficient (Wildman–Crippen LogP) is -0.0192. The number of aromatic nitrogens is 3. The first-order valence-electron chi connectivity index (χ1n) is 5.48. The van der Waals surface area contributed by atoms with Crippen LogP contribution in [0.3, 0.4) is 0 Å². The van der Waals surface area contributed by atoms with Crippen LogP contribution in [0.2, 0.25) is 0 Å². The van der Waals surface area contributed by atoms with Crippen LogP contribution >= 0.6 is 0 Å². The van der Waals surface area contributed by atoms with Gasteiger partial charge in [0, 0.05) is 13.1 Å². The summed E-state index contributed by atoms with van der Waals surface area (Å²) >= 11 is 0. The maximum absolute atomic E-state index is 9.73. The number of hydrogen-bond acceptors (Lipinski definition) is 4. The third-order valence-electron chi connectivity index (χ3n) is 3.11. The van der Waals surface area contributed by atoms with Crippen LogP contribution in [0, 0.1) is 5.92 Å². The molecule has 1 saturated heterocycles. The van der Waals surface area contributed by atoms with E-state index in [0.717, 1.165) is 32.6 Å². The summed E-state index contributed by atoms with van der Waals surface area (Å²) in [4.78, 5) is 6.18. The van der Waals surface area contributed by atoms with E-state index in [4.69, 9.17) is 0 Å². The lowest BCUT2D eigenvalue weighted by Gasteiger charge is -2.34. The zero-order valence-electron chi connectivity index (χ0n) is 9.08. The van der Waals surface area contributed by atoms with Crippen LogP contribution in [0.4, 0.5) is 0 Å². The Kier molecular flexibility index (Phi) is 3.33. The van der Waals surface area contributed by atoms with Gasteiger partial charge in [0.05, 0.1) is 12.6 Å². The SMILES string of the molecule is CC1CCN(CCn2cncn2)CC1O. The minimum Gasteiger partial charge on any atom is -0.392 e. The summed E-state index contributed by atoms with van der Waals surface area (Å²) in [5.74, 6) is 0.438. The molecule has 5 nitrogen and oxygen atoms in total. The molecule has 0 amide bonds. The first kappa shape index (κ1) is 10.6. The fourth-order valence-electron chi connectivity index (χ4n) is 1.91. The molecule has 1 fully saturated rings. The molecule has 5 heteroatoms. The van der Waals surface area contributed by atoms with Gasteiger partial charge < -0.3 is 5.11 Å².